The fourth-order valence-corrected chi connectivity index (χ4v) is 5.47. The summed E-state index contributed by atoms with van der Waals surface area (Å²) in [4.78, 5) is 17.2. The molecule has 11 heteroatoms. The Morgan fingerprint density at radius 1 is 1.22 bits per heavy atom. The summed E-state index contributed by atoms with van der Waals surface area (Å²) in [5.41, 5.74) is 1.49. The van der Waals surface area contributed by atoms with Crippen LogP contribution in [0.25, 0.3) is 15.9 Å². The van der Waals surface area contributed by atoms with E-state index in [-0.39, 0.29) is 18.6 Å². The summed E-state index contributed by atoms with van der Waals surface area (Å²) in [6, 6.07) is 9.65. The number of hydrogen-bond acceptors (Lipinski definition) is 9. The molecule has 1 aliphatic carbocycles. The Balaban J connectivity index is 1.35. The van der Waals surface area contributed by atoms with Crippen molar-refractivity contribution in [3.05, 3.63) is 30.3 Å². The van der Waals surface area contributed by atoms with E-state index in [2.05, 4.69) is 25.6 Å². The Morgan fingerprint density at radius 2 is 2.09 bits per heavy atom. The summed E-state index contributed by atoms with van der Waals surface area (Å²) in [5.74, 6) is 0.369. The van der Waals surface area contributed by atoms with Crippen LogP contribution in [0.15, 0.2) is 40.4 Å². The lowest BCUT2D eigenvalue weighted by Gasteiger charge is -2.22. The summed E-state index contributed by atoms with van der Waals surface area (Å²) in [7, 11) is 1.48. The van der Waals surface area contributed by atoms with Gasteiger partial charge in [0.25, 0.3) is 5.91 Å². The molecule has 1 saturated carbocycles. The van der Waals surface area contributed by atoms with E-state index in [4.69, 9.17) is 9.47 Å². The largest absolute Gasteiger partial charge is 0.473 e. The molecular weight excluding hydrogens is 448 g/mol. The molecule has 3 heterocycles. The molecule has 3 aromatic heterocycles. The number of hydrogen-bond donors (Lipinski definition) is 1. The Hall–Kier alpha value is -2.76. The number of methoxy groups -OCH3 is 1. The van der Waals surface area contributed by atoms with Crippen LogP contribution in [-0.4, -0.2) is 50.5 Å². The summed E-state index contributed by atoms with van der Waals surface area (Å²) < 4.78 is 13.6. The van der Waals surface area contributed by atoms with Crippen molar-refractivity contribution < 1.29 is 14.3 Å². The predicted octanol–water partition coefficient (Wildman–Crippen LogP) is 4.18. The number of carbonyl (C=O) groups is 1. The Bertz CT molecular complexity index is 1250. The first-order valence-corrected chi connectivity index (χ1v) is 12.1. The van der Waals surface area contributed by atoms with Crippen LogP contribution in [-0.2, 0) is 9.53 Å². The van der Waals surface area contributed by atoms with Gasteiger partial charge in [0.15, 0.2) is 10.8 Å². The van der Waals surface area contributed by atoms with Crippen LogP contribution in [0.2, 0.25) is 0 Å². The number of nitrogens with zero attached hydrogens (tertiary/aromatic N) is 5. The van der Waals surface area contributed by atoms with Crippen LogP contribution in [0.1, 0.15) is 32.1 Å². The molecular formula is C21H22N6O3S2. The van der Waals surface area contributed by atoms with Crippen molar-refractivity contribution >= 4 is 50.0 Å². The van der Waals surface area contributed by atoms with E-state index < -0.39 is 0 Å². The second-order valence-electron chi connectivity index (χ2n) is 7.53. The van der Waals surface area contributed by atoms with Gasteiger partial charge in [0.1, 0.15) is 12.7 Å². The van der Waals surface area contributed by atoms with Gasteiger partial charge in [0.05, 0.1) is 10.2 Å². The number of thiazole rings is 1. The molecule has 1 aliphatic rings. The normalized spacial score (nSPS) is 14.8. The smallest absolute Gasteiger partial charge is 0.252 e. The zero-order valence-corrected chi connectivity index (χ0v) is 19.1. The van der Waals surface area contributed by atoms with E-state index in [1.54, 1.807) is 4.52 Å². The van der Waals surface area contributed by atoms with Gasteiger partial charge in [-0.3, -0.25) is 10.1 Å². The van der Waals surface area contributed by atoms with Gasteiger partial charge >= 0.3 is 0 Å². The maximum absolute atomic E-state index is 11.7. The fraction of sp³-hybridized carbons (Fsp3) is 0.381. The van der Waals surface area contributed by atoms with E-state index in [0.717, 1.165) is 28.0 Å². The molecule has 9 nitrogen and oxygen atoms in total. The Morgan fingerprint density at radius 3 is 2.94 bits per heavy atom. The van der Waals surface area contributed by atoms with E-state index >= 15 is 0 Å². The zero-order valence-electron chi connectivity index (χ0n) is 17.5. The summed E-state index contributed by atoms with van der Waals surface area (Å²) >= 11 is 2.88. The highest BCUT2D eigenvalue weighted by atomic mass is 32.2. The number of benzene rings is 1. The maximum Gasteiger partial charge on any atom is 0.252 e. The molecule has 0 unspecified atom stereocenters. The lowest BCUT2D eigenvalue weighted by Crippen LogP contribution is -2.20. The van der Waals surface area contributed by atoms with Gasteiger partial charge in [0, 0.05) is 18.1 Å². The molecule has 1 N–H and O–H groups in total. The van der Waals surface area contributed by atoms with Gasteiger partial charge < -0.3 is 9.47 Å². The molecule has 1 aromatic carbocycles. The van der Waals surface area contributed by atoms with E-state index in [1.165, 1.54) is 49.5 Å². The molecule has 0 atom stereocenters. The highest BCUT2D eigenvalue weighted by molar-refractivity contribution is 7.99. The third-order valence-electron chi connectivity index (χ3n) is 5.14. The van der Waals surface area contributed by atoms with Gasteiger partial charge in [-0.2, -0.15) is 4.52 Å². The molecule has 1 fully saturated rings. The van der Waals surface area contributed by atoms with Gasteiger partial charge in [-0.15, -0.1) is 15.3 Å². The number of amides is 1. The van der Waals surface area contributed by atoms with Crippen LogP contribution in [0, 0.1) is 0 Å². The molecule has 5 rings (SSSR count). The van der Waals surface area contributed by atoms with Crippen molar-refractivity contribution in [1.82, 2.24) is 24.8 Å². The highest BCUT2D eigenvalue weighted by Gasteiger charge is 2.17. The second-order valence-corrected chi connectivity index (χ2v) is 9.61. The molecule has 0 bridgehead atoms. The van der Waals surface area contributed by atoms with Crippen molar-refractivity contribution in [2.24, 2.45) is 0 Å². The van der Waals surface area contributed by atoms with Crippen LogP contribution >= 0.6 is 23.1 Å². The van der Waals surface area contributed by atoms with Crippen LogP contribution < -0.4 is 10.1 Å². The van der Waals surface area contributed by atoms with E-state index in [1.807, 2.05) is 30.3 Å². The molecule has 0 radical (unpaired) electrons. The molecule has 0 aliphatic heterocycles. The first-order chi connectivity index (χ1) is 15.7. The average molecular weight is 471 g/mol. The molecule has 0 spiro atoms. The first kappa shape index (κ1) is 21.1. The third-order valence-corrected chi connectivity index (χ3v) is 7.00. The average Bonchev–Trinajstić information content (AvgIpc) is 3.37. The number of rotatable bonds is 7. The lowest BCUT2D eigenvalue weighted by atomic mass is 9.98. The number of fused-ring (bicyclic) bond motifs is 2. The Labute approximate surface area is 192 Å². The highest BCUT2D eigenvalue weighted by Crippen LogP contribution is 2.33. The van der Waals surface area contributed by atoms with Gasteiger partial charge in [0.2, 0.25) is 11.0 Å². The number of anilines is 1. The van der Waals surface area contributed by atoms with Crippen molar-refractivity contribution in [2.75, 3.05) is 19.0 Å². The SMILES string of the molecule is COCC(=O)Nc1nc2ccc(Sc3nnc4ccc(OC5CCCCC5)nn34)cc2s1. The summed E-state index contributed by atoms with van der Waals surface area (Å²) in [6.45, 7) is -0.00354. The third kappa shape index (κ3) is 4.69. The minimum Gasteiger partial charge on any atom is -0.473 e. The van der Waals surface area contributed by atoms with Gasteiger partial charge in [-0.25, -0.2) is 4.98 Å². The van der Waals surface area contributed by atoms with Gasteiger partial charge in [-0.1, -0.05) is 17.8 Å². The summed E-state index contributed by atoms with van der Waals surface area (Å²) in [6.07, 6.45) is 6.08. The van der Waals surface area contributed by atoms with Crippen molar-refractivity contribution in [3.8, 4) is 5.88 Å². The van der Waals surface area contributed by atoms with E-state index in [9.17, 15) is 4.79 Å². The topological polar surface area (TPSA) is 104 Å². The maximum atomic E-state index is 11.7. The number of nitrogens with one attached hydrogen (secondary N) is 1. The van der Waals surface area contributed by atoms with Crippen molar-refractivity contribution in [3.63, 3.8) is 0 Å². The number of carbonyl (C=O) groups excluding carboxylic acids is 1. The minimum absolute atomic E-state index is 0.00354. The predicted molar refractivity (Wildman–Crippen MR) is 123 cm³/mol. The second kappa shape index (κ2) is 9.39. The first-order valence-electron chi connectivity index (χ1n) is 10.4. The van der Waals surface area contributed by atoms with Crippen LogP contribution in [0.4, 0.5) is 5.13 Å². The monoisotopic (exact) mass is 470 g/mol. The fourth-order valence-electron chi connectivity index (χ4n) is 3.65. The molecule has 32 heavy (non-hydrogen) atoms. The summed E-state index contributed by atoms with van der Waals surface area (Å²) in [5, 5.41) is 17.1. The van der Waals surface area contributed by atoms with Crippen LogP contribution in [0.5, 0.6) is 5.88 Å². The minimum atomic E-state index is -0.228. The quantitative estimate of drug-likeness (QED) is 0.429. The molecule has 166 valence electrons. The number of aromatic nitrogens is 5. The lowest BCUT2D eigenvalue weighted by molar-refractivity contribution is -0.119. The number of ether oxygens (including phenoxy) is 2. The van der Waals surface area contributed by atoms with Crippen molar-refractivity contribution in [2.45, 2.75) is 48.3 Å². The molecule has 0 saturated heterocycles. The van der Waals surface area contributed by atoms with Crippen LogP contribution in [0.3, 0.4) is 0 Å². The Kier molecular flexibility index (Phi) is 6.19. The van der Waals surface area contributed by atoms with E-state index in [0.29, 0.717) is 21.8 Å². The van der Waals surface area contributed by atoms with Crippen molar-refractivity contribution in [1.29, 1.82) is 0 Å². The standard InChI is InChI=1S/C21H22N6O3S2/c1-29-12-18(28)23-20-22-15-8-7-14(11-16(15)32-20)31-21-25-24-17-9-10-19(26-27(17)21)30-13-5-3-2-4-6-13/h7-11,13H,2-6,12H2,1H3,(H,22,23,28). The van der Waals surface area contributed by atoms with Gasteiger partial charge in [-0.05, 0) is 61.7 Å². The molecule has 4 aromatic rings. The molecule has 1 amide bonds. The zero-order chi connectivity index (χ0) is 21.9.